The van der Waals surface area contributed by atoms with Crippen LogP contribution in [0.4, 0.5) is 0 Å². The molecule has 1 spiro atoms. The fourth-order valence-corrected chi connectivity index (χ4v) is 7.14. The van der Waals surface area contributed by atoms with Gasteiger partial charge in [0.2, 0.25) is 6.10 Å². The Hall–Kier alpha value is -1.64. The van der Waals surface area contributed by atoms with Crippen LogP contribution in [0.15, 0.2) is 54.6 Å². The number of halogens is 4. The molecule has 4 rings (SSSR count). The lowest BCUT2D eigenvalue weighted by Gasteiger charge is -2.13. The summed E-state index contributed by atoms with van der Waals surface area (Å²) in [6, 6.07) is 18.0. The molecule has 2 aliphatic rings. The van der Waals surface area contributed by atoms with Crippen LogP contribution in [0.25, 0.3) is 0 Å². The zero-order chi connectivity index (χ0) is 21.9. The highest BCUT2D eigenvalue weighted by molar-refractivity contribution is 6.70. The quantitative estimate of drug-likeness (QED) is 0.354. The predicted molar refractivity (Wildman–Crippen MR) is 116 cm³/mol. The van der Waals surface area contributed by atoms with Crippen molar-refractivity contribution in [2.75, 3.05) is 0 Å². The van der Waals surface area contributed by atoms with E-state index in [4.69, 9.17) is 55.9 Å². The Balaban J connectivity index is 1.52. The van der Waals surface area contributed by atoms with Gasteiger partial charge >= 0.3 is 5.97 Å². The van der Waals surface area contributed by atoms with E-state index in [0.717, 1.165) is 0 Å². The van der Waals surface area contributed by atoms with Crippen molar-refractivity contribution in [3.8, 4) is 17.6 Å². The first-order valence-corrected chi connectivity index (χ1v) is 10.7. The summed E-state index contributed by atoms with van der Waals surface area (Å²) in [6.07, 6.45) is -1.14. The van der Waals surface area contributed by atoms with Gasteiger partial charge in [0, 0.05) is 5.56 Å². The molecule has 0 saturated heterocycles. The van der Waals surface area contributed by atoms with Gasteiger partial charge in [0.05, 0.1) is 11.3 Å². The number of alkyl halides is 4. The van der Waals surface area contributed by atoms with E-state index >= 15 is 0 Å². The van der Waals surface area contributed by atoms with Gasteiger partial charge in [-0.3, -0.25) is 4.79 Å². The van der Waals surface area contributed by atoms with Gasteiger partial charge in [0.1, 0.15) is 17.6 Å². The number of nitriles is 1. The fraction of sp³-hybridized carbons (Fsp3) is 0.364. The second-order valence-corrected chi connectivity index (χ2v) is 10.7. The Bertz CT molecular complexity index is 1030. The molecule has 0 bridgehead atoms. The number of ether oxygens (including phenoxy) is 2. The number of rotatable bonds is 5. The molecule has 2 saturated carbocycles. The van der Waals surface area contributed by atoms with E-state index < -0.39 is 37.5 Å². The van der Waals surface area contributed by atoms with Crippen molar-refractivity contribution in [2.24, 2.45) is 16.7 Å². The van der Waals surface area contributed by atoms with Crippen molar-refractivity contribution in [2.45, 2.75) is 28.6 Å². The summed E-state index contributed by atoms with van der Waals surface area (Å²) in [7, 11) is 0. The maximum atomic E-state index is 12.9. The second kappa shape index (κ2) is 6.93. The lowest BCUT2D eigenvalue weighted by molar-refractivity contribution is -0.149. The number of esters is 1. The molecular weight excluding hydrogens is 468 g/mol. The minimum atomic E-state index is -1.47. The SMILES string of the molecule is CC1(C)C(C(=O)OC(C#N)c2cccc(Oc3ccccc3)c2)C12C(Cl)(Cl)C2(Cl)Cl. The van der Waals surface area contributed by atoms with Crippen molar-refractivity contribution in [3.05, 3.63) is 60.2 Å². The summed E-state index contributed by atoms with van der Waals surface area (Å²) in [6.45, 7) is 3.61. The number of benzene rings is 2. The molecule has 0 amide bonds. The number of hydrogen-bond acceptors (Lipinski definition) is 4. The lowest BCUT2D eigenvalue weighted by atomic mass is 10.1. The molecule has 0 aliphatic heterocycles. The average Bonchev–Trinajstić information content (AvgIpc) is 3.38. The summed E-state index contributed by atoms with van der Waals surface area (Å²) >= 11 is 25.2. The first kappa shape index (κ1) is 21.6. The topological polar surface area (TPSA) is 59.3 Å². The van der Waals surface area contributed by atoms with Crippen molar-refractivity contribution in [1.29, 1.82) is 5.26 Å². The Labute approximate surface area is 194 Å². The highest BCUT2D eigenvalue weighted by atomic mass is 35.5. The van der Waals surface area contributed by atoms with Crippen LogP contribution in [0, 0.1) is 28.1 Å². The monoisotopic (exact) mass is 483 g/mol. The maximum absolute atomic E-state index is 12.9. The first-order chi connectivity index (χ1) is 14.0. The van der Waals surface area contributed by atoms with Crippen molar-refractivity contribution >= 4 is 52.4 Å². The summed E-state index contributed by atoms with van der Waals surface area (Å²) in [5, 5.41) is 9.62. The van der Waals surface area contributed by atoms with Crippen molar-refractivity contribution in [3.63, 3.8) is 0 Å². The van der Waals surface area contributed by atoms with Gasteiger partial charge in [0.15, 0.2) is 8.67 Å². The van der Waals surface area contributed by atoms with Crippen molar-refractivity contribution < 1.29 is 14.3 Å². The zero-order valence-corrected chi connectivity index (χ0v) is 19.1. The van der Waals surface area contributed by atoms with E-state index in [2.05, 4.69) is 0 Å². The molecule has 0 radical (unpaired) electrons. The van der Waals surface area contributed by atoms with Crippen LogP contribution in [0.2, 0.25) is 0 Å². The van der Waals surface area contributed by atoms with E-state index in [1.165, 1.54) is 0 Å². The summed E-state index contributed by atoms with van der Waals surface area (Å²) in [4.78, 5) is 12.9. The first-order valence-electron chi connectivity index (χ1n) is 9.21. The third kappa shape index (κ3) is 2.76. The smallest absolute Gasteiger partial charge is 0.311 e. The predicted octanol–water partition coefficient (Wildman–Crippen LogP) is 6.59. The van der Waals surface area contributed by atoms with Gasteiger partial charge in [-0.25, -0.2) is 0 Å². The molecule has 8 heteroatoms. The molecule has 2 aromatic rings. The Kier molecular flexibility index (Phi) is 4.99. The normalized spacial score (nSPS) is 24.4. The third-order valence-electron chi connectivity index (χ3n) is 6.14. The number of carbonyl (C=O) groups is 1. The number of para-hydroxylation sites is 1. The van der Waals surface area contributed by atoms with Crippen LogP contribution in [0.3, 0.4) is 0 Å². The highest BCUT2D eigenvalue weighted by Gasteiger charge is 3.05. The molecule has 0 heterocycles. The number of nitrogens with zero attached hydrogens (tertiary/aromatic N) is 1. The van der Waals surface area contributed by atoms with E-state index in [1.807, 2.05) is 36.4 Å². The van der Waals surface area contributed by atoms with E-state index in [-0.39, 0.29) is 0 Å². The van der Waals surface area contributed by atoms with Crippen LogP contribution in [0.5, 0.6) is 11.5 Å². The van der Waals surface area contributed by atoms with Crippen LogP contribution in [0.1, 0.15) is 25.5 Å². The molecule has 2 unspecified atom stereocenters. The van der Waals surface area contributed by atoms with E-state index in [9.17, 15) is 10.1 Å². The average molecular weight is 485 g/mol. The molecular formula is C22H17Cl4NO3. The molecule has 2 atom stereocenters. The Morgan fingerprint density at radius 2 is 1.60 bits per heavy atom. The zero-order valence-electron chi connectivity index (χ0n) is 16.0. The molecule has 4 nitrogen and oxygen atoms in total. The Morgan fingerprint density at radius 1 is 1.00 bits per heavy atom. The van der Waals surface area contributed by atoms with Crippen LogP contribution in [-0.4, -0.2) is 14.6 Å². The standard InChI is InChI=1S/C22H17Cl4NO3/c1-19(2)17(20(19)21(23,24)22(20,25)26)18(28)30-16(12-27)13-7-6-10-15(11-13)29-14-8-4-3-5-9-14/h3-11,16-17H,1-2H3. The van der Waals surface area contributed by atoms with E-state index in [1.54, 1.807) is 38.1 Å². The summed E-state index contributed by atoms with van der Waals surface area (Å²) < 4.78 is 8.37. The third-order valence-corrected chi connectivity index (χ3v) is 8.85. The molecule has 156 valence electrons. The molecule has 2 aromatic carbocycles. The van der Waals surface area contributed by atoms with Crippen molar-refractivity contribution in [1.82, 2.24) is 0 Å². The largest absolute Gasteiger partial charge is 0.457 e. The van der Waals surface area contributed by atoms with Gasteiger partial charge in [0.25, 0.3) is 0 Å². The number of hydrogen-bond donors (Lipinski definition) is 0. The minimum absolute atomic E-state index is 0.480. The Morgan fingerprint density at radius 3 is 2.13 bits per heavy atom. The minimum Gasteiger partial charge on any atom is -0.457 e. The van der Waals surface area contributed by atoms with Gasteiger partial charge in [-0.05, 0) is 29.7 Å². The maximum Gasteiger partial charge on any atom is 0.311 e. The summed E-state index contributed by atoms with van der Waals surface area (Å²) in [5.41, 5.74) is -1.21. The van der Waals surface area contributed by atoms with Crippen LogP contribution in [-0.2, 0) is 9.53 Å². The summed E-state index contributed by atoms with van der Waals surface area (Å²) in [5.74, 6) is -0.178. The van der Waals surface area contributed by atoms with Gasteiger partial charge in [-0.2, -0.15) is 5.26 Å². The second-order valence-electron chi connectivity index (χ2n) is 8.05. The van der Waals surface area contributed by atoms with Gasteiger partial charge in [-0.1, -0.05) is 90.6 Å². The van der Waals surface area contributed by atoms with Crippen LogP contribution < -0.4 is 4.74 Å². The van der Waals surface area contributed by atoms with Gasteiger partial charge < -0.3 is 9.47 Å². The lowest BCUT2D eigenvalue weighted by Crippen LogP contribution is -2.15. The molecule has 0 N–H and O–H groups in total. The van der Waals surface area contributed by atoms with Gasteiger partial charge in [-0.15, -0.1) is 0 Å². The molecule has 2 aliphatic carbocycles. The highest BCUT2D eigenvalue weighted by Crippen LogP contribution is 2.97. The molecule has 0 aromatic heterocycles. The molecule has 30 heavy (non-hydrogen) atoms. The number of carbonyl (C=O) groups excluding carboxylic acids is 1. The van der Waals surface area contributed by atoms with Crippen LogP contribution >= 0.6 is 46.4 Å². The fourth-order valence-electron chi connectivity index (χ4n) is 4.56. The van der Waals surface area contributed by atoms with E-state index in [0.29, 0.717) is 17.1 Å². The molecule has 2 fully saturated rings.